The summed E-state index contributed by atoms with van der Waals surface area (Å²) in [5.41, 5.74) is 2.27. The molecule has 1 aromatic heterocycles. The standard InChI is InChI=1S/C14H26O4.C11H11NO/c1-3-6-13(14(15)16)18-10-11-7-5-8-12(9-11)17-4-2;1-8-3-5-10(6-4-8)11-12-7-9(2)13-11/h11-13H,3-10H2,1-2H3,(H,15,16);3-7H,1-2H3. The number of hydrogen-bond acceptors (Lipinski definition) is 5. The highest BCUT2D eigenvalue weighted by Crippen LogP contribution is 2.27. The van der Waals surface area contributed by atoms with Gasteiger partial charge < -0.3 is 19.0 Å². The first-order valence-corrected chi connectivity index (χ1v) is 11.4. The van der Waals surface area contributed by atoms with Crippen LogP contribution in [0.3, 0.4) is 0 Å². The second kappa shape index (κ2) is 13.3. The summed E-state index contributed by atoms with van der Waals surface area (Å²) in [6, 6.07) is 8.13. The second-order valence-electron chi connectivity index (χ2n) is 8.20. The number of aromatic nitrogens is 1. The molecule has 1 heterocycles. The summed E-state index contributed by atoms with van der Waals surface area (Å²) in [6.07, 6.45) is 7.28. The van der Waals surface area contributed by atoms with Gasteiger partial charge in [-0.25, -0.2) is 9.78 Å². The molecule has 172 valence electrons. The van der Waals surface area contributed by atoms with Crippen molar-refractivity contribution in [1.82, 2.24) is 4.98 Å². The zero-order valence-electron chi connectivity index (χ0n) is 19.3. The smallest absolute Gasteiger partial charge is 0.332 e. The molecular weight excluding hydrogens is 394 g/mol. The first-order chi connectivity index (χ1) is 14.9. The van der Waals surface area contributed by atoms with Crippen LogP contribution in [0.5, 0.6) is 0 Å². The van der Waals surface area contributed by atoms with Gasteiger partial charge in [-0.15, -0.1) is 0 Å². The first-order valence-electron chi connectivity index (χ1n) is 11.4. The minimum Gasteiger partial charge on any atom is -0.479 e. The van der Waals surface area contributed by atoms with Crippen molar-refractivity contribution < 1.29 is 23.8 Å². The van der Waals surface area contributed by atoms with Crippen molar-refractivity contribution in [2.45, 2.75) is 78.4 Å². The number of nitrogens with zero attached hydrogens (tertiary/aromatic N) is 1. The molecule has 3 atom stereocenters. The van der Waals surface area contributed by atoms with Crippen LogP contribution in [0.15, 0.2) is 34.9 Å². The summed E-state index contributed by atoms with van der Waals surface area (Å²) in [5, 5.41) is 9.02. The molecule has 1 saturated carbocycles. The predicted octanol–water partition coefficient (Wildman–Crippen LogP) is 5.81. The van der Waals surface area contributed by atoms with E-state index in [0.717, 1.165) is 50.0 Å². The molecular formula is C25H37NO5. The quantitative estimate of drug-likeness (QED) is 0.539. The van der Waals surface area contributed by atoms with Crippen molar-refractivity contribution in [1.29, 1.82) is 0 Å². The number of carbonyl (C=O) groups is 1. The SMILES string of the molecule is CCCC(OCC1CCCC(OCC)C1)C(=O)O.Cc1ccc(-c2ncc(C)o2)cc1. The van der Waals surface area contributed by atoms with E-state index in [1.165, 1.54) is 5.56 Å². The summed E-state index contributed by atoms with van der Waals surface area (Å²) in [5.74, 6) is 1.15. The molecule has 1 aliphatic rings. The number of aryl methyl sites for hydroxylation is 2. The summed E-state index contributed by atoms with van der Waals surface area (Å²) >= 11 is 0. The van der Waals surface area contributed by atoms with Crippen LogP contribution in [0.1, 0.15) is 63.7 Å². The zero-order valence-corrected chi connectivity index (χ0v) is 19.3. The third-order valence-corrected chi connectivity index (χ3v) is 5.42. The molecule has 0 amide bonds. The number of rotatable bonds is 9. The monoisotopic (exact) mass is 431 g/mol. The molecule has 0 bridgehead atoms. The maximum atomic E-state index is 11.0. The normalized spacial score (nSPS) is 19.4. The average molecular weight is 432 g/mol. The van der Waals surface area contributed by atoms with Crippen LogP contribution in [0, 0.1) is 19.8 Å². The fourth-order valence-electron chi connectivity index (χ4n) is 3.76. The molecule has 1 N–H and O–H groups in total. The van der Waals surface area contributed by atoms with Gasteiger partial charge in [-0.1, -0.05) is 37.5 Å². The lowest BCUT2D eigenvalue weighted by atomic mass is 9.87. The van der Waals surface area contributed by atoms with Crippen molar-refractivity contribution in [3.8, 4) is 11.5 Å². The Labute approximate surface area is 186 Å². The van der Waals surface area contributed by atoms with Crippen molar-refractivity contribution in [3.05, 3.63) is 41.8 Å². The summed E-state index contributed by atoms with van der Waals surface area (Å²) in [4.78, 5) is 15.1. The minimum atomic E-state index is -0.839. The van der Waals surface area contributed by atoms with Crippen LogP contribution in [-0.2, 0) is 14.3 Å². The van der Waals surface area contributed by atoms with E-state index in [9.17, 15) is 4.79 Å². The van der Waals surface area contributed by atoms with E-state index >= 15 is 0 Å². The van der Waals surface area contributed by atoms with Crippen molar-refractivity contribution in [2.75, 3.05) is 13.2 Å². The highest BCUT2D eigenvalue weighted by atomic mass is 16.5. The number of carboxylic acids is 1. The Morgan fingerprint density at radius 3 is 2.55 bits per heavy atom. The van der Waals surface area contributed by atoms with Gasteiger partial charge in [0.2, 0.25) is 5.89 Å². The minimum absolute atomic E-state index is 0.340. The lowest BCUT2D eigenvalue weighted by molar-refractivity contribution is -0.152. The van der Waals surface area contributed by atoms with E-state index in [-0.39, 0.29) is 0 Å². The highest BCUT2D eigenvalue weighted by Gasteiger charge is 2.25. The Morgan fingerprint density at radius 1 is 1.23 bits per heavy atom. The first kappa shape index (κ1) is 25.1. The fraction of sp³-hybridized carbons (Fsp3) is 0.600. The van der Waals surface area contributed by atoms with Gasteiger partial charge >= 0.3 is 5.97 Å². The molecule has 2 aromatic rings. The van der Waals surface area contributed by atoms with E-state index in [1.807, 2.05) is 32.9 Å². The average Bonchev–Trinajstić information content (AvgIpc) is 3.19. The Balaban J connectivity index is 0.000000231. The summed E-state index contributed by atoms with van der Waals surface area (Å²) in [7, 11) is 0. The maximum absolute atomic E-state index is 11.0. The molecule has 3 rings (SSSR count). The fourth-order valence-corrected chi connectivity index (χ4v) is 3.76. The van der Waals surface area contributed by atoms with Crippen molar-refractivity contribution >= 4 is 5.97 Å². The molecule has 6 heteroatoms. The molecule has 0 saturated heterocycles. The van der Waals surface area contributed by atoms with E-state index < -0.39 is 12.1 Å². The molecule has 0 spiro atoms. The molecule has 1 fully saturated rings. The number of ether oxygens (including phenoxy) is 2. The Bertz CT molecular complexity index is 768. The van der Waals surface area contributed by atoms with Crippen molar-refractivity contribution in [3.63, 3.8) is 0 Å². The van der Waals surface area contributed by atoms with Gasteiger partial charge in [0.05, 0.1) is 18.9 Å². The van der Waals surface area contributed by atoms with E-state index in [0.29, 0.717) is 30.9 Å². The summed E-state index contributed by atoms with van der Waals surface area (Å²) < 4.78 is 16.6. The lowest BCUT2D eigenvalue weighted by Crippen LogP contribution is -2.30. The van der Waals surface area contributed by atoms with Gasteiger partial charge in [-0.3, -0.25) is 0 Å². The van der Waals surface area contributed by atoms with Crippen LogP contribution >= 0.6 is 0 Å². The molecule has 1 aromatic carbocycles. The highest BCUT2D eigenvalue weighted by molar-refractivity contribution is 5.72. The number of carboxylic acid groups (broad SMARTS) is 1. The third kappa shape index (κ3) is 8.83. The van der Waals surface area contributed by atoms with Gasteiger partial charge in [0, 0.05) is 12.2 Å². The van der Waals surface area contributed by atoms with Crippen LogP contribution in [-0.4, -0.2) is 41.5 Å². The van der Waals surface area contributed by atoms with Crippen LogP contribution < -0.4 is 0 Å². The van der Waals surface area contributed by atoms with E-state index in [1.54, 1.807) is 6.20 Å². The second-order valence-corrected chi connectivity index (χ2v) is 8.20. The molecule has 0 aliphatic heterocycles. The number of oxazole rings is 1. The maximum Gasteiger partial charge on any atom is 0.332 e. The van der Waals surface area contributed by atoms with Crippen LogP contribution in [0.25, 0.3) is 11.5 Å². The van der Waals surface area contributed by atoms with E-state index in [4.69, 9.17) is 19.0 Å². The van der Waals surface area contributed by atoms with Crippen LogP contribution in [0.2, 0.25) is 0 Å². The summed E-state index contributed by atoms with van der Waals surface area (Å²) in [6.45, 7) is 9.26. The van der Waals surface area contributed by atoms with Crippen molar-refractivity contribution in [2.24, 2.45) is 5.92 Å². The van der Waals surface area contributed by atoms with Crippen LogP contribution in [0.4, 0.5) is 0 Å². The van der Waals surface area contributed by atoms with Gasteiger partial charge in [0.1, 0.15) is 5.76 Å². The Morgan fingerprint density at radius 2 is 1.97 bits per heavy atom. The molecule has 1 aliphatic carbocycles. The topological polar surface area (TPSA) is 81.8 Å². The van der Waals surface area contributed by atoms with Gasteiger partial charge in [-0.05, 0) is 64.5 Å². The number of hydrogen-bond donors (Lipinski definition) is 1. The molecule has 31 heavy (non-hydrogen) atoms. The molecule has 3 unspecified atom stereocenters. The van der Waals surface area contributed by atoms with E-state index in [2.05, 4.69) is 24.0 Å². The lowest BCUT2D eigenvalue weighted by Gasteiger charge is -2.29. The largest absolute Gasteiger partial charge is 0.479 e. The Kier molecular flexibility index (Phi) is 10.7. The van der Waals surface area contributed by atoms with Gasteiger partial charge in [-0.2, -0.15) is 0 Å². The Hall–Kier alpha value is -2.18. The molecule has 0 radical (unpaired) electrons. The third-order valence-electron chi connectivity index (χ3n) is 5.42. The molecule has 6 nitrogen and oxygen atoms in total. The zero-order chi connectivity index (χ0) is 22.6. The predicted molar refractivity (Wildman–Crippen MR) is 121 cm³/mol. The number of aliphatic carboxylic acids is 1. The number of benzene rings is 1. The van der Waals surface area contributed by atoms with Gasteiger partial charge in [0.25, 0.3) is 0 Å². The van der Waals surface area contributed by atoms with Gasteiger partial charge in [0.15, 0.2) is 6.10 Å².